The van der Waals surface area contributed by atoms with Gasteiger partial charge in [0.25, 0.3) is 5.56 Å². The first-order chi connectivity index (χ1) is 6.72. The third kappa shape index (κ3) is 2.29. The second-order valence-electron chi connectivity index (χ2n) is 2.60. The molecule has 0 saturated carbocycles. The van der Waals surface area contributed by atoms with E-state index in [0.29, 0.717) is 24.2 Å². The van der Waals surface area contributed by atoms with Gasteiger partial charge in [0.05, 0.1) is 12.7 Å². The highest BCUT2D eigenvalue weighted by Gasteiger charge is 2.06. The highest BCUT2D eigenvalue weighted by atomic mass is 32.2. The zero-order valence-corrected chi connectivity index (χ0v) is 9.43. The molecule has 4 nitrogen and oxygen atoms in total. The number of hydrogen-bond donors (Lipinski definition) is 0. The molecular weight excluding hydrogens is 200 g/mol. The van der Waals surface area contributed by atoms with Crippen molar-refractivity contribution < 1.29 is 4.74 Å². The van der Waals surface area contributed by atoms with E-state index in [9.17, 15) is 4.79 Å². The molecule has 0 aromatic carbocycles. The Morgan fingerprint density at radius 1 is 1.57 bits per heavy atom. The van der Waals surface area contributed by atoms with Gasteiger partial charge in [0.1, 0.15) is 0 Å². The van der Waals surface area contributed by atoms with Crippen molar-refractivity contribution in [2.24, 2.45) is 0 Å². The fourth-order valence-electron chi connectivity index (χ4n) is 1.13. The third-order valence-electron chi connectivity index (χ3n) is 1.74. The molecule has 1 aromatic heterocycles. The molecule has 0 aliphatic carbocycles. The molecule has 0 saturated heterocycles. The third-order valence-corrected chi connectivity index (χ3v) is 2.42. The molecular formula is C9H14N2O2S. The van der Waals surface area contributed by atoms with Crippen LogP contribution in [-0.4, -0.2) is 22.4 Å². The van der Waals surface area contributed by atoms with Crippen LogP contribution in [0.1, 0.15) is 13.8 Å². The number of hydrogen-bond acceptors (Lipinski definition) is 4. The largest absolute Gasteiger partial charge is 0.478 e. The topological polar surface area (TPSA) is 44.1 Å². The predicted octanol–water partition coefficient (Wildman–Crippen LogP) is 1.38. The number of rotatable bonds is 4. The quantitative estimate of drug-likeness (QED) is 0.561. The van der Waals surface area contributed by atoms with Crippen molar-refractivity contribution in [3.05, 3.63) is 16.4 Å². The summed E-state index contributed by atoms with van der Waals surface area (Å²) in [6, 6.07) is 1.42. The standard InChI is InChI=1S/C9H14N2O2S/c1-4-11-8(12)6-7(13-5-2)10-9(11)14-3/h6H,4-5H2,1-3H3. The monoisotopic (exact) mass is 214 g/mol. The molecule has 0 aliphatic heterocycles. The number of aromatic nitrogens is 2. The van der Waals surface area contributed by atoms with Gasteiger partial charge in [-0.25, -0.2) is 0 Å². The van der Waals surface area contributed by atoms with Crippen LogP contribution in [-0.2, 0) is 6.54 Å². The van der Waals surface area contributed by atoms with E-state index < -0.39 is 0 Å². The lowest BCUT2D eigenvalue weighted by atomic mass is 10.5. The molecule has 5 heteroatoms. The molecule has 0 radical (unpaired) electrons. The van der Waals surface area contributed by atoms with Gasteiger partial charge < -0.3 is 4.74 Å². The second kappa shape index (κ2) is 5.05. The van der Waals surface area contributed by atoms with E-state index in [1.54, 1.807) is 4.57 Å². The number of thioether (sulfide) groups is 1. The first-order valence-corrected chi connectivity index (χ1v) is 5.74. The Hall–Kier alpha value is -0.970. The smallest absolute Gasteiger partial charge is 0.257 e. The van der Waals surface area contributed by atoms with Crippen molar-refractivity contribution >= 4 is 11.8 Å². The van der Waals surface area contributed by atoms with Gasteiger partial charge in [-0.05, 0) is 20.1 Å². The molecule has 14 heavy (non-hydrogen) atoms. The van der Waals surface area contributed by atoms with Gasteiger partial charge in [0, 0.05) is 6.54 Å². The van der Waals surface area contributed by atoms with Crippen molar-refractivity contribution in [3.8, 4) is 5.88 Å². The van der Waals surface area contributed by atoms with Crippen molar-refractivity contribution in [3.63, 3.8) is 0 Å². The van der Waals surface area contributed by atoms with E-state index in [0.717, 1.165) is 0 Å². The molecule has 0 amide bonds. The fourth-order valence-corrected chi connectivity index (χ4v) is 1.75. The van der Waals surface area contributed by atoms with Crippen molar-refractivity contribution in [2.75, 3.05) is 12.9 Å². The summed E-state index contributed by atoms with van der Waals surface area (Å²) in [5.74, 6) is 0.409. The van der Waals surface area contributed by atoms with Gasteiger partial charge in [0.2, 0.25) is 5.88 Å². The molecule has 0 bridgehead atoms. The van der Waals surface area contributed by atoms with E-state index in [4.69, 9.17) is 4.74 Å². The van der Waals surface area contributed by atoms with Gasteiger partial charge in [-0.2, -0.15) is 4.98 Å². The summed E-state index contributed by atoms with van der Waals surface area (Å²) in [5, 5.41) is 0.698. The van der Waals surface area contributed by atoms with Crippen LogP contribution < -0.4 is 10.3 Å². The average molecular weight is 214 g/mol. The summed E-state index contributed by atoms with van der Waals surface area (Å²) in [7, 11) is 0. The number of ether oxygens (including phenoxy) is 1. The van der Waals surface area contributed by atoms with E-state index >= 15 is 0 Å². The maximum atomic E-state index is 11.6. The van der Waals surface area contributed by atoms with Crippen LogP contribution in [0.2, 0.25) is 0 Å². The molecule has 0 unspecified atom stereocenters. The maximum Gasteiger partial charge on any atom is 0.257 e. The molecule has 78 valence electrons. The summed E-state index contributed by atoms with van der Waals surface area (Å²) in [6.45, 7) is 4.94. The van der Waals surface area contributed by atoms with Crippen LogP contribution in [0.3, 0.4) is 0 Å². The lowest BCUT2D eigenvalue weighted by Crippen LogP contribution is -2.21. The minimum Gasteiger partial charge on any atom is -0.478 e. The summed E-state index contributed by atoms with van der Waals surface area (Å²) in [6.07, 6.45) is 1.89. The number of nitrogens with zero attached hydrogens (tertiary/aromatic N) is 2. The highest BCUT2D eigenvalue weighted by Crippen LogP contribution is 2.13. The highest BCUT2D eigenvalue weighted by molar-refractivity contribution is 7.98. The Kier molecular flexibility index (Phi) is 4.00. The van der Waals surface area contributed by atoms with Crippen LogP contribution in [0.25, 0.3) is 0 Å². The molecule has 1 heterocycles. The summed E-state index contributed by atoms with van der Waals surface area (Å²) >= 11 is 1.45. The lowest BCUT2D eigenvalue weighted by Gasteiger charge is -2.09. The Bertz CT molecular complexity index is 362. The zero-order chi connectivity index (χ0) is 10.6. The summed E-state index contributed by atoms with van der Waals surface area (Å²) in [5.41, 5.74) is -0.0599. The SMILES string of the molecule is CCOc1cc(=O)n(CC)c(SC)n1. The zero-order valence-electron chi connectivity index (χ0n) is 8.61. The Morgan fingerprint density at radius 2 is 2.29 bits per heavy atom. The lowest BCUT2D eigenvalue weighted by molar-refractivity contribution is 0.319. The van der Waals surface area contributed by atoms with Gasteiger partial charge in [0.15, 0.2) is 5.16 Å². The molecule has 0 atom stereocenters. The minimum absolute atomic E-state index is 0.0599. The van der Waals surface area contributed by atoms with E-state index in [2.05, 4.69) is 4.98 Å². The molecule has 0 spiro atoms. The Labute approximate surface area is 87.3 Å². The van der Waals surface area contributed by atoms with E-state index in [-0.39, 0.29) is 5.56 Å². The maximum absolute atomic E-state index is 11.6. The van der Waals surface area contributed by atoms with Crippen LogP contribution in [0, 0.1) is 0 Å². The first kappa shape index (κ1) is 11.1. The Morgan fingerprint density at radius 3 is 2.79 bits per heavy atom. The normalized spacial score (nSPS) is 10.2. The van der Waals surface area contributed by atoms with Crippen LogP contribution in [0.5, 0.6) is 5.88 Å². The van der Waals surface area contributed by atoms with Crippen molar-refractivity contribution in [1.82, 2.24) is 9.55 Å². The minimum atomic E-state index is -0.0599. The predicted molar refractivity (Wildman–Crippen MR) is 57.1 cm³/mol. The second-order valence-corrected chi connectivity index (χ2v) is 3.37. The van der Waals surface area contributed by atoms with E-state index in [1.807, 2.05) is 20.1 Å². The fraction of sp³-hybridized carbons (Fsp3) is 0.556. The van der Waals surface area contributed by atoms with Gasteiger partial charge in [-0.3, -0.25) is 9.36 Å². The van der Waals surface area contributed by atoms with Crippen molar-refractivity contribution in [1.29, 1.82) is 0 Å². The molecule has 1 aromatic rings. The molecule has 1 rings (SSSR count). The Balaban J connectivity index is 3.17. The van der Waals surface area contributed by atoms with Crippen LogP contribution >= 0.6 is 11.8 Å². The van der Waals surface area contributed by atoms with Gasteiger partial charge in [-0.15, -0.1) is 0 Å². The van der Waals surface area contributed by atoms with Crippen LogP contribution in [0.15, 0.2) is 16.0 Å². The molecule has 0 fully saturated rings. The average Bonchev–Trinajstić information content (AvgIpc) is 2.17. The molecule has 0 aliphatic rings. The van der Waals surface area contributed by atoms with Crippen LogP contribution in [0.4, 0.5) is 0 Å². The first-order valence-electron chi connectivity index (χ1n) is 4.51. The molecule has 0 N–H and O–H groups in total. The summed E-state index contributed by atoms with van der Waals surface area (Å²) in [4.78, 5) is 15.8. The van der Waals surface area contributed by atoms with Crippen molar-refractivity contribution in [2.45, 2.75) is 25.5 Å². The van der Waals surface area contributed by atoms with E-state index in [1.165, 1.54) is 17.8 Å². The summed E-state index contributed by atoms with van der Waals surface area (Å²) < 4.78 is 6.81. The van der Waals surface area contributed by atoms with Gasteiger partial charge >= 0.3 is 0 Å². The van der Waals surface area contributed by atoms with Gasteiger partial charge in [-0.1, -0.05) is 11.8 Å².